The first-order valence-electron chi connectivity index (χ1n) is 6.70. The Bertz CT molecular complexity index is 354. The third-order valence-corrected chi connectivity index (χ3v) is 3.23. The zero-order valence-electron chi connectivity index (χ0n) is 11.9. The molecule has 0 saturated heterocycles. The Labute approximate surface area is 114 Å². The summed E-state index contributed by atoms with van der Waals surface area (Å²) < 4.78 is 18.0. The maximum absolute atomic E-state index is 12.9. The molecule has 4 heteroatoms. The zero-order chi connectivity index (χ0) is 14.3. The molecule has 1 aromatic rings. The quantitative estimate of drug-likeness (QED) is 0.762. The Hall–Kier alpha value is -0.970. The molecule has 2 N–H and O–H groups in total. The second-order valence-corrected chi connectivity index (χ2v) is 5.11. The van der Waals surface area contributed by atoms with Gasteiger partial charge in [-0.1, -0.05) is 26.0 Å². The lowest BCUT2D eigenvalue weighted by Crippen LogP contribution is -2.33. The van der Waals surface area contributed by atoms with E-state index < -0.39 is 0 Å². The van der Waals surface area contributed by atoms with Gasteiger partial charge in [-0.25, -0.2) is 4.39 Å². The third kappa shape index (κ3) is 5.68. The highest BCUT2D eigenvalue weighted by atomic mass is 19.1. The van der Waals surface area contributed by atoms with Gasteiger partial charge in [0.25, 0.3) is 0 Å². The number of methoxy groups -OCH3 is 1. The van der Waals surface area contributed by atoms with Gasteiger partial charge in [0.05, 0.1) is 6.10 Å². The lowest BCUT2D eigenvalue weighted by Gasteiger charge is -2.22. The van der Waals surface area contributed by atoms with Crippen LogP contribution in [0.5, 0.6) is 0 Å². The molecule has 0 spiro atoms. The number of nitrogens with one attached hydrogen (secondary N) is 1. The second kappa shape index (κ2) is 8.25. The summed E-state index contributed by atoms with van der Waals surface area (Å²) in [6.45, 7) is 5.10. The van der Waals surface area contributed by atoms with E-state index in [1.54, 1.807) is 19.2 Å². The molecular formula is C15H24FNO2. The minimum Gasteiger partial charge on any atom is -0.392 e. The highest BCUT2D eigenvalue weighted by Crippen LogP contribution is 2.17. The van der Waals surface area contributed by atoms with Crippen LogP contribution in [0.4, 0.5) is 4.39 Å². The number of hydrogen-bond donors (Lipinski definition) is 2. The largest absolute Gasteiger partial charge is 0.392 e. The predicted molar refractivity (Wildman–Crippen MR) is 74.5 cm³/mol. The average Bonchev–Trinajstić information content (AvgIpc) is 2.39. The standard InChI is InChI=1S/C15H24FNO2/c1-11(2)15(18)10-17-14(8-9-19-3)12-4-6-13(16)7-5-12/h4-7,11,14-15,17-18H,8-10H2,1-3H3. The van der Waals surface area contributed by atoms with Crippen molar-refractivity contribution in [2.24, 2.45) is 5.92 Å². The number of aliphatic hydroxyl groups is 1. The molecule has 108 valence electrons. The molecule has 0 heterocycles. The molecule has 19 heavy (non-hydrogen) atoms. The Kier molecular flexibility index (Phi) is 6.99. The number of aliphatic hydroxyl groups excluding tert-OH is 1. The molecule has 2 unspecified atom stereocenters. The average molecular weight is 269 g/mol. The summed E-state index contributed by atoms with van der Waals surface area (Å²) in [7, 11) is 1.66. The first-order valence-corrected chi connectivity index (χ1v) is 6.70. The van der Waals surface area contributed by atoms with Crippen LogP contribution >= 0.6 is 0 Å². The Morgan fingerprint density at radius 1 is 1.26 bits per heavy atom. The molecule has 0 aromatic heterocycles. The Morgan fingerprint density at radius 2 is 1.89 bits per heavy atom. The van der Waals surface area contributed by atoms with Crippen molar-refractivity contribution in [1.82, 2.24) is 5.32 Å². The monoisotopic (exact) mass is 269 g/mol. The Balaban J connectivity index is 2.63. The highest BCUT2D eigenvalue weighted by Gasteiger charge is 2.15. The fourth-order valence-corrected chi connectivity index (χ4v) is 1.82. The fraction of sp³-hybridized carbons (Fsp3) is 0.600. The van der Waals surface area contributed by atoms with E-state index in [0.717, 1.165) is 12.0 Å². The molecule has 2 atom stereocenters. The van der Waals surface area contributed by atoms with Crippen LogP contribution in [-0.2, 0) is 4.74 Å². The van der Waals surface area contributed by atoms with Crippen LogP contribution in [0, 0.1) is 11.7 Å². The lowest BCUT2D eigenvalue weighted by atomic mass is 10.0. The molecule has 0 radical (unpaired) electrons. The summed E-state index contributed by atoms with van der Waals surface area (Å²) in [6, 6.07) is 6.51. The summed E-state index contributed by atoms with van der Waals surface area (Å²) in [5.41, 5.74) is 1.01. The van der Waals surface area contributed by atoms with E-state index in [-0.39, 0.29) is 23.9 Å². The van der Waals surface area contributed by atoms with Crippen LogP contribution < -0.4 is 5.32 Å². The van der Waals surface area contributed by atoms with Gasteiger partial charge in [-0.15, -0.1) is 0 Å². The summed E-state index contributed by atoms with van der Waals surface area (Å²) in [5.74, 6) is -0.0275. The molecule has 0 aliphatic rings. The molecule has 3 nitrogen and oxygen atoms in total. The zero-order valence-corrected chi connectivity index (χ0v) is 11.9. The van der Waals surface area contributed by atoms with Crippen molar-refractivity contribution in [3.05, 3.63) is 35.6 Å². The highest BCUT2D eigenvalue weighted by molar-refractivity contribution is 5.19. The molecule has 0 aliphatic carbocycles. The number of hydrogen-bond acceptors (Lipinski definition) is 3. The van der Waals surface area contributed by atoms with Gasteiger partial charge in [-0.05, 0) is 30.0 Å². The van der Waals surface area contributed by atoms with Gasteiger partial charge >= 0.3 is 0 Å². The molecule has 0 bridgehead atoms. The van der Waals surface area contributed by atoms with E-state index >= 15 is 0 Å². The molecule has 1 aromatic carbocycles. The second-order valence-electron chi connectivity index (χ2n) is 5.11. The predicted octanol–water partition coefficient (Wildman–Crippen LogP) is 2.51. The van der Waals surface area contributed by atoms with Crippen molar-refractivity contribution < 1.29 is 14.2 Å². The van der Waals surface area contributed by atoms with Crippen LogP contribution in [0.3, 0.4) is 0 Å². The minimum atomic E-state index is -0.384. The van der Waals surface area contributed by atoms with Crippen LogP contribution in [0.1, 0.15) is 31.9 Å². The first kappa shape index (κ1) is 16.1. The van der Waals surface area contributed by atoms with Gasteiger partial charge in [-0.2, -0.15) is 0 Å². The normalized spacial score (nSPS) is 14.6. The van der Waals surface area contributed by atoms with Crippen molar-refractivity contribution in [3.8, 4) is 0 Å². The van der Waals surface area contributed by atoms with Crippen molar-refractivity contribution in [1.29, 1.82) is 0 Å². The topological polar surface area (TPSA) is 41.5 Å². The van der Waals surface area contributed by atoms with Crippen molar-refractivity contribution in [2.45, 2.75) is 32.4 Å². The number of benzene rings is 1. The van der Waals surface area contributed by atoms with Gasteiger partial charge in [-0.3, -0.25) is 0 Å². The van der Waals surface area contributed by atoms with Crippen LogP contribution in [-0.4, -0.2) is 31.5 Å². The third-order valence-electron chi connectivity index (χ3n) is 3.23. The molecule has 0 saturated carbocycles. The van der Waals surface area contributed by atoms with Gasteiger partial charge in [0, 0.05) is 26.3 Å². The molecule has 0 amide bonds. The first-order chi connectivity index (χ1) is 9.04. The maximum atomic E-state index is 12.9. The van der Waals surface area contributed by atoms with E-state index in [1.165, 1.54) is 12.1 Å². The lowest BCUT2D eigenvalue weighted by molar-refractivity contribution is 0.116. The van der Waals surface area contributed by atoms with Crippen molar-refractivity contribution >= 4 is 0 Å². The maximum Gasteiger partial charge on any atom is 0.123 e. The summed E-state index contributed by atoms with van der Waals surface area (Å²) in [6.07, 6.45) is 0.401. The van der Waals surface area contributed by atoms with E-state index in [2.05, 4.69) is 5.32 Å². The summed E-state index contributed by atoms with van der Waals surface area (Å²) in [5, 5.41) is 13.2. The molecular weight excluding hydrogens is 245 g/mol. The van der Waals surface area contributed by atoms with Crippen molar-refractivity contribution in [2.75, 3.05) is 20.3 Å². The number of ether oxygens (including phenoxy) is 1. The number of rotatable bonds is 8. The van der Waals surface area contributed by atoms with Gasteiger partial charge in [0.2, 0.25) is 0 Å². The molecule has 0 fully saturated rings. The van der Waals surface area contributed by atoms with E-state index in [1.807, 2.05) is 13.8 Å². The van der Waals surface area contributed by atoms with Crippen molar-refractivity contribution in [3.63, 3.8) is 0 Å². The van der Waals surface area contributed by atoms with Crippen LogP contribution in [0.2, 0.25) is 0 Å². The fourth-order valence-electron chi connectivity index (χ4n) is 1.82. The SMILES string of the molecule is COCCC(NCC(O)C(C)C)c1ccc(F)cc1. The van der Waals surface area contributed by atoms with E-state index in [9.17, 15) is 9.50 Å². The molecule has 1 rings (SSSR count). The summed E-state index contributed by atoms with van der Waals surface area (Å²) >= 11 is 0. The summed E-state index contributed by atoms with van der Waals surface area (Å²) in [4.78, 5) is 0. The van der Waals surface area contributed by atoms with Crippen LogP contribution in [0.15, 0.2) is 24.3 Å². The van der Waals surface area contributed by atoms with Gasteiger partial charge in [0.1, 0.15) is 5.82 Å². The van der Waals surface area contributed by atoms with E-state index in [0.29, 0.717) is 13.2 Å². The minimum absolute atomic E-state index is 0.0638. The smallest absolute Gasteiger partial charge is 0.123 e. The van der Waals surface area contributed by atoms with E-state index in [4.69, 9.17) is 4.74 Å². The number of halogens is 1. The van der Waals surface area contributed by atoms with Crippen LogP contribution in [0.25, 0.3) is 0 Å². The van der Waals surface area contributed by atoms with Gasteiger partial charge in [0.15, 0.2) is 0 Å². The van der Waals surface area contributed by atoms with Gasteiger partial charge < -0.3 is 15.2 Å². The molecule has 0 aliphatic heterocycles. The Morgan fingerprint density at radius 3 is 2.42 bits per heavy atom.